The van der Waals surface area contributed by atoms with Crippen LogP contribution in [0, 0.1) is 6.92 Å². The first kappa shape index (κ1) is 24.3. The molecule has 0 radical (unpaired) electrons. The average molecular weight is 575 g/mol. The molecule has 0 spiro atoms. The molecule has 1 saturated heterocycles. The third-order valence-electron chi connectivity index (χ3n) is 7.05. The lowest BCUT2D eigenvalue weighted by atomic mass is 9.96. The molecule has 6 nitrogen and oxygen atoms in total. The fraction of sp³-hybridized carbons (Fsp3) is 0.241. The number of thiazole rings is 1. The molecule has 0 aliphatic carbocycles. The molecule has 0 amide bonds. The van der Waals surface area contributed by atoms with Gasteiger partial charge in [-0.15, -0.1) is 5.10 Å². The highest BCUT2D eigenvalue weighted by molar-refractivity contribution is 9.10. The first-order valence-electron chi connectivity index (χ1n) is 12.5. The van der Waals surface area contributed by atoms with Gasteiger partial charge in [0, 0.05) is 30.7 Å². The van der Waals surface area contributed by atoms with E-state index in [1.807, 2.05) is 6.92 Å². The zero-order valence-electron chi connectivity index (χ0n) is 20.5. The van der Waals surface area contributed by atoms with Gasteiger partial charge in [0.25, 0.3) is 0 Å². The Bertz CT molecular complexity index is 1440. The summed E-state index contributed by atoms with van der Waals surface area (Å²) >= 11 is 5.09. The zero-order chi connectivity index (χ0) is 25.4. The molecule has 2 aromatic heterocycles. The molecule has 5 aromatic rings. The molecule has 37 heavy (non-hydrogen) atoms. The Kier molecular flexibility index (Phi) is 6.82. The Morgan fingerprint density at radius 3 is 1.81 bits per heavy atom. The lowest BCUT2D eigenvalue weighted by Gasteiger charge is -2.42. The number of hydrogen-bond donors (Lipinski definition) is 1. The number of aryl methyl sites for hydroxylation is 1. The molecule has 1 unspecified atom stereocenters. The van der Waals surface area contributed by atoms with Gasteiger partial charge in [0.1, 0.15) is 5.82 Å². The van der Waals surface area contributed by atoms with E-state index in [-0.39, 0.29) is 18.0 Å². The van der Waals surface area contributed by atoms with Crippen LogP contribution in [0.2, 0.25) is 0 Å². The quantitative estimate of drug-likeness (QED) is 0.267. The molecule has 1 aliphatic rings. The Balaban J connectivity index is 1.32. The van der Waals surface area contributed by atoms with Gasteiger partial charge in [0.15, 0.2) is 0 Å². The van der Waals surface area contributed by atoms with Crippen molar-refractivity contribution in [3.63, 3.8) is 0 Å². The number of hydrogen-bond acceptors (Lipinski definition) is 6. The van der Waals surface area contributed by atoms with Crippen molar-refractivity contribution in [2.24, 2.45) is 0 Å². The summed E-state index contributed by atoms with van der Waals surface area (Å²) in [6, 6.07) is 30.1. The second-order valence-corrected chi connectivity index (χ2v) is 11.3. The van der Waals surface area contributed by atoms with Crippen molar-refractivity contribution in [1.82, 2.24) is 24.4 Å². The van der Waals surface area contributed by atoms with Crippen LogP contribution in [0.4, 0.5) is 0 Å². The van der Waals surface area contributed by atoms with Gasteiger partial charge in [0.05, 0.1) is 17.0 Å². The monoisotopic (exact) mass is 573 g/mol. The first-order chi connectivity index (χ1) is 18.1. The number of aromatic nitrogens is 3. The van der Waals surface area contributed by atoms with E-state index in [1.165, 1.54) is 22.5 Å². The lowest BCUT2D eigenvalue weighted by Crippen LogP contribution is -2.49. The standard InChI is InChI=1S/C29H28BrN5OS/c1-20-31-29-35(32-20)28(36)27(37-29)26(23-12-14-24(30)15-13-23)34-18-16-33(17-19-34)25(21-8-4-2-5-9-21)22-10-6-3-7-11-22/h2-15,25-26,36H,16-19H2,1H3. The smallest absolute Gasteiger partial charge is 0.230 e. The van der Waals surface area contributed by atoms with Gasteiger partial charge >= 0.3 is 0 Å². The minimum absolute atomic E-state index is 0.0732. The van der Waals surface area contributed by atoms with Gasteiger partial charge in [-0.2, -0.15) is 4.52 Å². The van der Waals surface area contributed by atoms with Crippen molar-refractivity contribution in [2.45, 2.75) is 19.0 Å². The van der Waals surface area contributed by atoms with E-state index in [0.717, 1.165) is 46.1 Å². The van der Waals surface area contributed by atoms with Crippen LogP contribution >= 0.6 is 27.3 Å². The van der Waals surface area contributed by atoms with E-state index in [0.29, 0.717) is 5.82 Å². The fourth-order valence-electron chi connectivity index (χ4n) is 5.34. The molecule has 1 aliphatic heterocycles. The SMILES string of the molecule is Cc1nc2sc(C(c3ccc(Br)cc3)N3CCN(C(c4ccccc4)c4ccccc4)CC3)c(O)n2n1. The molecule has 1 fully saturated rings. The molecule has 8 heteroatoms. The minimum atomic E-state index is -0.0732. The Labute approximate surface area is 228 Å². The summed E-state index contributed by atoms with van der Waals surface area (Å²) < 4.78 is 2.61. The maximum atomic E-state index is 11.2. The van der Waals surface area contributed by atoms with Crippen LogP contribution in [-0.4, -0.2) is 55.7 Å². The van der Waals surface area contributed by atoms with Crippen molar-refractivity contribution in [3.05, 3.63) is 117 Å². The second kappa shape index (κ2) is 10.4. The van der Waals surface area contributed by atoms with Gasteiger partial charge in [-0.1, -0.05) is 100 Å². The van der Waals surface area contributed by atoms with Crippen molar-refractivity contribution in [1.29, 1.82) is 0 Å². The van der Waals surface area contributed by atoms with Crippen LogP contribution in [0.1, 0.15) is 39.5 Å². The topological polar surface area (TPSA) is 56.9 Å². The Morgan fingerprint density at radius 2 is 1.27 bits per heavy atom. The van der Waals surface area contributed by atoms with Crippen LogP contribution < -0.4 is 0 Å². The van der Waals surface area contributed by atoms with Crippen LogP contribution in [0.25, 0.3) is 4.96 Å². The van der Waals surface area contributed by atoms with Crippen molar-refractivity contribution >= 4 is 32.2 Å². The average Bonchev–Trinajstić information content (AvgIpc) is 3.44. The summed E-state index contributed by atoms with van der Waals surface area (Å²) in [6.07, 6.45) is 0. The molecule has 3 aromatic carbocycles. The third kappa shape index (κ3) is 4.82. The van der Waals surface area contributed by atoms with Gasteiger partial charge in [0.2, 0.25) is 10.8 Å². The minimum Gasteiger partial charge on any atom is -0.492 e. The first-order valence-corrected chi connectivity index (χ1v) is 14.1. The summed E-state index contributed by atoms with van der Waals surface area (Å²) in [6.45, 7) is 5.44. The van der Waals surface area contributed by atoms with Crippen molar-refractivity contribution < 1.29 is 5.11 Å². The van der Waals surface area contributed by atoms with Crippen LogP contribution in [-0.2, 0) is 0 Å². The number of halogens is 1. The molecular weight excluding hydrogens is 546 g/mol. The van der Waals surface area contributed by atoms with Gasteiger partial charge in [-0.25, -0.2) is 4.98 Å². The molecule has 3 heterocycles. The summed E-state index contributed by atoms with van der Waals surface area (Å²) in [5.41, 5.74) is 3.77. The van der Waals surface area contributed by atoms with E-state index >= 15 is 0 Å². The van der Waals surface area contributed by atoms with Gasteiger partial charge < -0.3 is 5.11 Å². The number of rotatable bonds is 6. The second-order valence-electron chi connectivity index (χ2n) is 9.39. The predicted octanol–water partition coefficient (Wildman–Crippen LogP) is 6.06. The highest BCUT2D eigenvalue weighted by atomic mass is 79.9. The summed E-state index contributed by atoms with van der Waals surface area (Å²) in [7, 11) is 0. The fourth-order valence-corrected chi connectivity index (χ4v) is 6.76. The van der Waals surface area contributed by atoms with Crippen LogP contribution in [0.5, 0.6) is 5.88 Å². The molecule has 6 rings (SSSR count). The summed E-state index contributed by atoms with van der Waals surface area (Å²) in [5.74, 6) is 0.845. The molecule has 1 atom stereocenters. The highest BCUT2D eigenvalue weighted by Crippen LogP contribution is 2.41. The van der Waals surface area contributed by atoms with Gasteiger partial charge in [-0.05, 0) is 35.7 Å². The van der Waals surface area contributed by atoms with Crippen molar-refractivity contribution in [3.8, 4) is 5.88 Å². The normalized spacial score (nSPS) is 16.0. The van der Waals surface area contributed by atoms with E-state index < -0.39 is 0 Å². The molecule has 188 valence electrons. The van der Waals surface area contributed by atoms with E-state index in [9.17, 15) is 5.11 Å². The summed E-state index contributed by atoms with van der Waals surface area (Å²) in [5, 5.41) is 15.6. The Morgan fingerprint density at radius 1 is 0.757 bits per heavy atom. The summed E-state index contributed by atoms with van der Waals surface area (Å²) in [4.78, 5) is 11.2. The third-order valence-corrected chi connectivity index (χ3v) is 8.65. The van der Waals surface area contributed by atoms with Gasteiger partial charge in [-0.3, -0.25) is 9.80 Å². The van der Waals surface area contributed by atoms with Crippen LogP contribution in [0.3, 0.4) is 0 Å². The molecular formula is C29H28BrN5OS. The van der Waals surface area contributed by atoms with Crippen LogP contribution in [0.15, 0.2) is 89.4 Å². The number of aromatic hydroxyl groups is 1. The molecule has 0 bridgehead atoms. The molecule has 0 saturated carbocycles. The maximum Gasteiger partial charge on any atom is 0.230 e. The predicted molar refractivity (Wildman–Crippen MR) is 151 cm³/mol. The zero-order valence-corrected chi connectivity index (χ0v) is 22.9. The number of benzene rings is 3. The highest BCUT2D eigenvalue weighted by Gasteiger charge is 2.33. The van der Waals surface area contributed by atoms with E-state index in [2.05, 4.69) is 121 Å². The Hall–Kier alpha value is -3.04. The van der Waals surface area contributed by atoms with E-state index in [4.69, 9.17) is 0 Å². The number of fused-ring (bicyclic) bond motifs is 1. The maximum absolute atomic E-state index is 11.2. The molecule has 1 N–H and O–H groups in total. The largest absolute Gasteiger partial charge is 0.492 e. The number of nitrogens with zero attached hydrogens (tertiary/aromatic N) is 5. The van der Waals surface area contributed by atoms with E-state index in [1.54, 1.807) is 4.52 Å². The number of piperazine rings is 1. The van der Waals surface area contributed by atoms with Crippen molar-refractivity contribution in [2.75, 3.05) is 26.2 Å². The lowest BCUT2D eigenvalue weighted by molar-refractivity contribution is 0.0899.